The maximum atomic E-state index is 13.1. The molecule has 0 aromatic carbocycles. The molecule has 0 atom stereocenters. The van der Waals surface area contributed by atoms with E-state index in [0.717, 1.165) is 10.1 Å². The number of piperazine rings is 1. The third-order valence-electron chi connectivity index (χ3n) is 4.57. The molecule has 142 valence electrons. The SMILES string of the molecule is COC(=O)CN1CCN(c2nn3c(C(F)(F)F)nnc3c(C)c2C)CC1. The van der Waals surface area contributed by atoms with E-state index in [0.29, 0.717) is 37.6 Å². The lowest BCUT2D eigenvalue weighted by molar-refractivity contribution is -0.146. The topological polar surface area (TPSA) is 75.9 Å². The molecule has 0 amide bonds. The van der Waals surface area contributed by atoms with Gasteiger partial charge < -0.3 is 9.64 Å². The number of rotatable bonds is 3. The van der Waals surface area contributed by atoms with Crippen LogP contribution < -0.4 is 4.90 Å². The van der Waals surface area contributed by atoms with Crippen molar-refractivity contribution in [1.82, 2.24) is 24.7 Å². The van der Waals surface area contributed by atoms with Crippen molar-refractivity contribution in [2.45, 2.75) is 20.0 Å². The average Bonchev–Trinajstić information content (AvgIpc) is 3.03. The lowest BCUT2D eigenvalue weighted by Gasteiger charge is -2.35. The van der Waals surface area contributed by atoms with Gasteiger partial charge in [0.1, 0.15) is 0 Å². The number of nitrogens with zero attached hydrogens (tertiary/aromatic N) is 6. The van der Waals surface area contributed by atoms with Gasteiger partial charge in [-0.2, -0.15) is 17.7 Å². The molecular weight excluding hydrogens is 353 g/mol. The second-order valence-corrected chi connectivity index (χ2v) is 6.17. The number of alkyl halides is 3. The van der Waals surface area contributed by atoms with E-state index in [1.54, 1.807) is 13.8 Å². The summed E-state index contributed by atoms with van der Waals surface area (Å²) in [6.45, 7) is 5.96. The fourth-order valence-electron chi connectivity index (χ4n) is 2.96. The van der Waals surface area contributed by atoms with Gasteiger partial charge in [0.25, 0.3) is 5.82 Å². The predicted molar refractivity (Wildman–Crippen MR) is 85.9 cm³/mol. The summed E-state index contributed by atoms with van der Waals surface area (Å²) in [5, 5.41) is 11.1. The molecule has 0 radical (unpaired) electrons. The molecule has 0 aliphatic carbocycles. The van der Waals surface area contributed by atoms with Crippen LogP contribution in [-0.4, -0.2) is 70.5 Å². The predicted octanol–water partition coefficient (Wildman–Crippen LogP) is 1.05. The smallest absolute Gasteiger partial charge is 0.453 e. The van der Waals surface area contributed by atoms with Gasteiger partial charge in [0, 0.05) is 37.3 Å². The summed E-state index contributed by atoms with van der Waals surface area (Å²) in [4.78, 5) is 15.2. The van der Waals surface area contributed by atoms with Crippen LogP contribution in [0.15, 0.2) is 0 Å². The Morgan fingerprint density at radius 2 is 1.77 bits per heavy atom. The van der Waals surface area contributed by atoms with E-state index in [9.17, 15) is 18.0 Å². The summed E-state index contributed by atoms with van der Waals surface area (Å²) in [6.07, 6.45) is -4.63. The highest BCUT2D eigenvalue weighted by atomic mass is 19.4. The van der Waals surface area contributed by atoms with E-state index in [1.807, 2.05) is 9.80 Å². The van der Waals surface area contributed by atoms with E-state index in [2.05, 4.69) is 20.0 Å². The Morgan fingerprint density at radius 1 is 1.12 bits per heavy atom. The van der Waals surface area contributed by atoms with Crippen molar-refractivity contribution in [3.05, 3.63) is 17.0 Å². The third-order valence-corrected chi connectivity index (χ3v) is 4.57. The number of carbonyl (C=O) groups excluding carboxylic acids is 1. The normalized spacial score (nSPS) is 16.3. The van der Waals surface area contributed by atoms with Gasteiger partial charge in [-0.05, 0) is 13.8 Å². The molecule has 2 aromatic rings. The summed E-state index contributed by atoms with van der Waals surface area (Å²) in [7, 11) is 1.33. The second-order valence-electron chi connectivity index (χ2n) is 6.17. The Hall–Kier alpha value is -2.43. The largest absolute Gasteiger partial charge is 0.468 e. The monoisotopic (exact) mass is 372 g/mol. The fraction of sp³-hybridized carbons (Fsp3) is 0.600. The highest BCUT2D eigenvalue weighted by molar-refractivity contribution is 5.71. The summed E-state index contributed by atoms with van der Waals surface area (Å²) in [6, 6.07) is 0. The molecule has 1 aliphatic rings. The molecule has 1 fully saturated rings. The van der Waals surface area contributed by atoms with Gasteiger partial charge >= 0.3 is 12.1 Å². The van der Waals surface area contributed by atoms with E-state index in [-0.39, 0.29) is 18.2 Å². The molecule has 0 bridgehead atoms. The number of hydrogen-bond donors (Lipinski definition) is 0. The zero-order valence-electron chi connectivity index (χ0n) is 14.7. The number of anilines is 1. The van der Waals surface area contributed by atoms with Crippen molar-refractivity contribution in [3.8, 4) is 0 Å². The molecule has 1 aliphatic heterocycles. The molecule has 0 N–H and O–H groups in total. The second kappa shape index (κ2) is 6.71. The molecule has 3 heterocycles. The van der Waals surface area contributed by atoms with Crippen molar-refractivity contribution in [1.29, 1.82) is 0 Å². The van der Waals surface area contributed by atoms with Crippen molar-refractivity contribution < 1.29 is 22.7 Å². The molecular formula is C15H19F3N6O2. The molecule has 11 heteroatoms. The van der Waals surface area contributed by atoms with E-state index in [1.165, 1.54) is 7.11 Å². The number of halogens is 3. The maximum Gasteiger partial charge on any atom is 0.453 e. The zero-order valence-corrected chi connectivity index (χ0v) is 14.7. The van der Waals surface area contributed by atoms with Crippen LogP contribution in [0.1, 0.15) is 17.0 Å². The number of ether oxygens (including phenoxy) is 1. The van der Waals surface area contributed by atoms with Crippen molar-refractivity contribution >= 4 is 17.4 Å². The number of hydrogen-bond acceptors (Lipinski definition) is 7. The quantitative estimate of drug-likeness (QED) is 0.746. The van der Waals surface area contributed by atoms with Gasteiger partial charge in [0.05, 0.1) is 13.7 Å². The van der Waals surface area contributed by atoms with Crippen LogP contribution in [0.25, 0.3) is 5.65 Å². The number of methoxy groups -OCH3 is 1. The summed E-state index contributed by atoms with van der Waals surface area (Å²) >= 11 is 0. The fourth-order valence-corrected chi connectivity index (χ4v) is 2.96. The minimum atomic E-state index is -4.63. The molecule has 2 aromatic heterocycles. The number of esters is 1. The first kappa shape index (κ1) is 18.4. The highest BCUT2D eigenvalue weighted by Gasteiger charge is 2.38. The van der Waals surface area contributed by atoms with Crippen molar-refractivity contribution in [3.63, 3.8) is 0 Å². The van der Waals surface area contributed by atoms with Gasteiger partial charge in [-0.15, -0.1) is 15.3 Å². The lowest BCUT2D eigenvalue weighted by Crippen LogP contribution is -2.48. The number of carbonyl (C=O) groups is 1. The number of aryl methyl sites for hydroxylation is 1. The van der Waals surface area contributed by atoms with Crippen LogP contribution >= 0.6 is 0 Å². The Labute approximate surface area is 147 Å². The first-order valence-corrected chi connectivity index (χ1v) is 8.06. The third kappa shape index (κ3) is 3.30. The van der Waals surface area contributed by atoms with Crippen molar-refractivity contribution in [2.24, 2.45) is 0 Å². The van der Waals surface area contributed by atoms with Gasteiger partial charge in [-0.25, -0.2) is 0 Å². The molecule has 0 saturated carbocycles. The van der Waals surface area contributed by atoms with Crippen LogP contribution in [0.2, 0.25) is 0 Å². The Balaban J connectivity index is 1.89. The molecule has 0 spiro atoms. The Bertz CT molecular complexity index is 827. The van der Waals surface area contributed by atoms with Gasteiger partial charge in [-0.3, -0.25) is 9.69 Å². The standard InChI is InChI=1S/C15H19F3N6O2/c1-9-10(2)13(21-24-12(9)19-20-14(24)15(16,17)18)23-6-4-22(5-7-23)8-11(25)26-3/h4-8H2,1-3H3. The minimum Gasteiger partial charge on any atom is -0.468 e. The minimum absolute atomic E-state index is 0.0999. The first-order chi connectivity index (χ1) is 12.2. The average molecular weight is 372 g/mol. The van der Waals surface area contributed by atoms with E-state index >= 15 is 0 Å². The Kier molecular flexibility index (Phi) is 4.74. The van der Waals surface area contributed by atoms with Gasteiger partial charge in [0.2, 0.25) is 0 Å². The number of fused-ring (bicyclic) bond motifs is 1. The summed E-state index contributed by atoms with van der Waals surface area (Å²) in [5.74, 6) is -0.983. The zero-order chi connectivity index (χ0) is 19.1. The highest BCUT2D eigenvalue weighted by Crippen LogP contribution is 2.30. The maximum absolute atomic E-state index is 13.1. The molecule has 0 unspecified atom stereocenters. The summed E-state index contributed by atoms with van der Waals surface area (Å²) in [5.41, 5.74) is 1.47. The van der Waals surface area contributed by atoms with E-state index < -0.39 is 12.0 Å². The Morgan fingerprint density at radius 3 is 2.35 bits per heavy atom. The van der Waals surface area contributed by atoms with Crippen LogP contribution in [0.3, 0.4) is 0 Å². The molecule has 3 rings (SSSR count). The number of aromatic nitrogens is 4. The van der Waals surface area contributed by atoms with Gasteiger partial charge in [-0.1, -0.05) is 0 Å². The van der Waals surface area contributed by atoms with Crippen LogP contribution in [0, 0.1) is 13.8 Å². The molecule has 1 saturated heterocycles. The van der Waals surface area contributed by atoms with E-state index in [4.69, 9.17) is 0 Å². The first-order valence-electron chi connectivity index (χ1n) is 8.06. The van der Waals surface area contributed by atoms with Crippen LogP contribution in [0.4, 0.5) is 19.0 Å². The summed E-state index contributed by atoms with van der Waals surface area (Å²) < 4.78 is 44.8. The van der Waals surface area contributed by atoms with Crippen LogP contribution in [0.5, 0.6) is 0 Å². The molecule has 26 heavy (non-hydrogen) atoms. The van der Waals surface area contributed by atoms with Gasteiger partial charge in [0.15, 0.2) is 11.5 Å². The van der Waals surface area contributed by atoms with Crippen LogP contribution in [-0.2, 0) is 15.7 Å². The lowest BCUT2D eigenvalue weighted by atomic mass is 10.1. The van der Waals surface area contributed by atoms with Crippen molar-refractivity contribution in [2.75, 3.05) is 44.7 Å². The molecule has 8 nitrogen and oxygen atoms in total.